The molecule has 96 valence electrons. The molecule has 6 heteroatoms. The molecule has 0 bridgehead atoms. The molecule has 0 aliphatic rings. The first-order valence-corrected chi connectivity index (χ1v) is 7.05. The Morgan fingerprint density at radius 3 is 2.94 bits per heavy atom. The molecule has 2 N–H and O–H groups in total. The van der Waals surface area contributed by atoms with Gasteiger partial charge in [0.2, 0.25) is 0 Å². The molecular formula is C12H16N4OS. The average molecular weight is 264 g/mol. The second kappa shape index (κ2) is 5.30. The van der Waals surface area contributed by atoms with Gasteiger partial charge in [-0.15, -0.1) is 0 Å². The van der Waals surface area contributed by atoms with Crippen LogP contribution in [0.25, 0.3) is 0 Å². The molecule has 0 aromatic carbocycles. The number of anilines is 1. The van der Waals surface area contributed by atoms with Crippen LogP contribution < -0.4 is 5.73 Å². The molecule has 0 amide bonds. The lowest BCUT2D eigenvalue weighted by Gasteiger charge is -2.06. The topological polar surface area (TPSA) is 73.8 Å². The van der Waals surface area contributed by atoms with Crippen LogP contribution in [0.3, 0.4) is 0 Å². The number of pyridine rings is 1. The molecule has 0 saturated heterocycles. The molecule has 5 nitrogen and oxygen atoms in total. The molecule has 2 aromatic rings. The minimum absolute atomic E-state index is 0.420. The summed E-state index contributed by atoms with van der Waals surface area (Å²) in [6.45, 7) is 4.71. The van der Waals surface area contributed by atoms with Gasteiger partial charge in [0, 0.05) is 12.7 Å². The first kappa shape index (κ1) is 12.8. The Kier molecular flexibility index (Phi) is 3.76. The van der Waals surface area contributed by atoms with E-state index in [0.717, 1.165) is 17.9 Å². The Balaban J connectivity index is 2.24. The Morgan fingerprint density at radius 2 is 2.28 bits per heavy atom. The molecule has 0 radical (unpaired) electrons. The standard InChI is InChI=1S/C12H16N4OS/c1-3-16-10(6-9(2)15-16)8-18(17)12-4-5-14-7-11(12)13/h4-7H,3,8,13H2,1-2H3. The van der Waals surface area contributed by atoms with Crippen LogP contribution in [0.1, 0.15) is 18.3 Å². The number of nitrogens with zero attached hydrogens (tertiary/aromatic N) is 3. The summed E-state index contributed by atoms with van der Waals surface area (Å²) in [4.78, 5) is 4.53. The molecule has 1 unspecified atom stereocenters. The molecule has 0 aliphatic heterocycles. The number of hydrogen-bond acceptors (Lipinski definition) is 4. The van der Waals surface area contributed by atoms with Gasteiger partial charge in [0.15, 0.2) is 0 Å². The predicted octanol–water partition coefficient (Wildman–Crippen LogP) is 1.50. The Morgan fingerprint density at radius 1 is 1.50 bits per heavy atom. The van der Waals surface area contributed by atoms with E-state index in [-0.39, 0.29) is 0 Å². The Labute approximate surface area is 108 Å². The first-order valence-electron chi connectivity index (χ1n) is 5.73. The Bertz CT molecular complexity index is 579. The lowest BCUT2D eigenvalue weighted by atomic mass is 10.4. The van der Waals surface area contributed by atoms with Crippen LogP contribution in [0, 0.1) is 6.92 Å². The fourth-order valence-corrected chi connectivity index (χ4v) is 2.99. The third-order valence-electron chi connectivity index (χ3n) is 2.62. The molecule has 0 saturated carbocycles. The lowest BCUT2D eigenvalue weighted by Crippen LogP contribution is -2.07. The van der Waals surface area contributed by atoms with E-state index < -0.39 is 10.8 Å². The zero-order valence-corrected chi connectivity index (χ0v) is 11.3. The summed E-state index contributed by atoms with van der Waals surface area (Å²) in [5, 5.41) is 4.34. The fourth-order valence-electron chi connectivity index (χ4n) is 1.80. The maximum absolute atomic E-state index is 12.3. The van der Waals surface area contributed by atoms with Gasteiger partial charge >= 0.3 is 0 Å². The highest BCUT2D eigenvalue weighted by Crippen LogP contribution is 2.18. The quantitative estimate of drug-likeness (QED) is 0.908. The molecule has 2 heterocycles. The number of rotatable bonds is 4. The lowest BCUT2D eigenvalue weighted by molar-refractivity contribution is 0.627. The molecule has 18 heavy (non-hydrogen) atoms. The van der Waals surface area contributed by atoms with E-state index in [1.165, 1.54) is 6.20 Å². The second-order valence-corrected chi connectivity index (χ2v) is 5.42. The third-order valence-corrected chi connectivity index (χ3v) is 4.04. The summed E-state index contributed by atoms with van der Waals surface area (Å²) < 4.78 is 14.1. The Hall–Kier alpha value is -1.69. The molecule has 0 spiro atoms. The summed E-state index contributed by atoms with van der Waals surface area (Å²) in [6.07, 6.45) is 3.13. The normalized spacial score (nSPS) is 12.6. The summed E-state index contributed by atoms with van der Waals surface area (Å²) in [6, 6.07) is 3.66. The summed E-state index contributed by atoms with van der Waals surface area (Å²) in [7, 11) is -1.17. The van der Waals surface area contributed by atoms with Crippen molar-refractivity contribution in [2.24, 2.45) is 0 Å². The average Bonchev–Trinajstić information content (AvgIpc) is 2.70. The van der Waals surface area contributed by atoms with Crippen molar-refractivity contribution in [1.29, 1.82) is 0 Å². The van der Waals surface area contributed by atoms with Crippen molar-refractivity contribution in [3.8, 4) is 0 Å². The van der Waals surface area contributed by atoms with Crippen molar-refractivity contribution in [1.82, 2.24) is 14.8 Å². The highest BCUT2D eigenvalue weighted by molar-refractivity contribution is 7.84. The van der Waals surface area contributed by atoms with Gasteiger partial charge < -0.3 is 5.73 Å². The second-order valence-electron chi connectivity index (χ2n) is 4.00. The summed E-state index contributed by atoms with van der Waals surface area (Å²) in [5.41, 5.74) is 8.14. The van der Waals surface area contributed by atoms with Crippen LogP contribution in [0.5, 0.6) is 0 Å². The van der Waals surface area contributed by atoms with E-state index in [4.69, 9.17) is 5.73 Å². The number of hydrogen-bond donors (Lipinski definition) is 1. The largest absolute Gasteiger partial charge is 0.396 e. The van der Waals surface area contributed by atoms with Crippen LogP contribution >= 0.6 is 0 Å². The monoisotopic (exact) mass is 264 g/mol. The van der Waals surface area contributed by atoms with E-state index in [0.29, 0.717) is 16.3 Å². The molecule has 0 aliphatic carbocycles. The maximum Gasteiger partial charge on any atom is 0.0703 e. The number of nitrogens with two attached hydrogens (primary N) is 1. The highest BCUT2D eigenvalue weighted by atomic mass is 32.2. The minimum atomic E-state index is -1.17. The maximum atomic E-state index is 12.3. The number of aromatic nitrogens is 3. The van der Waals surface area contributed by atoms with E-state index in [2.05, 4.69) is 10.1 Å². The predicted molar refractivity (Wildman–Crippen MR) is 71.4 cm³/mol. The molecular weight excluding hydrogens is 248 g/mol. The van der Waals surface area contributed by atoms with Crippen molar-refractivity contribution < 1.29 is 4.21 Å². The third kappa shape index (κ3) is 2.59. The van der Waals surface area contributed by atoms with Crippen molar-refractivity contribution in [2.75, 3.05) is 5.73 Å². The van der Waals surface area contributed by atoms with Crippen LogP contribution in [0.15, 0.2) is 29.4 Å². The smallest absolute Gasteiger partial charge is 0.0703 e. The van der Waals surface area contributed by atoms with Crippen molar-refractivity contribution >= 4 is 16.5 Å². The van der Waals surface area contributed by atoms with Gasteiger partial charge in [-0.05, 0) is 26.0 Å². The number of nitrogen functional groups attached to an aromatic ring is 1. The molecule has 1 atom stereocenters. The van der Waals surface area contributed by atoms with Gasteiger partial charge in [-0.2, -0.15) is 5.10 Å². The van der Waals surface area contributed by atoms with E-state index in [1.54, 1.807) is 12.3 Å². The fraction of sp³-hybridized carbons (Fsp3) is 0.333. The van der Waals surface area contributed by atoms with Gasteiger partial charge in [-0.25, -0.2) is 0 Å². The zero-order chi connectivity index (χ0) is 13.1. The van der Waals surface area contributed by atoms with Crippen LogP contribution in [0.2, 0.25) is 0 Å². The van der Waals surface area contributed by atoms with Gasteiger partial charge in [0.05, 0.1) is 44.7 Å². The van der Waals surface area contributed by atoms with Crippen LogP contribution in [0.4, 0.5) is 5.69 Å². The summed E-state index contributed by atoms with van der Waals surface area (Å²) >= 11 is 0. The van der Waals surface area contributed by atoms with Gasteiger partial charge in [-0.3, -0.25) is 13.9 Å². The van der Waals surface area contributed by atoms with Crippen molar-refractivity contribution in [3.05, 3.63) is 35.9 Å². The van der Waals surface area contributed by atoms with E-state index in [1.807, 2.05) is 24.6 Å². The molecule has 0 fully saturated rings. The van der Waals surface area contributed by atoms with E-state index in [9.17, 15) is 4.21 Å². The van der Waals surface area contributed by atoms with Crippen molar-refractivity contribution in [3.63, 3.8) is 0 Å². The van der Waals surface area contributed by atoms with Gasteiger partial charge in [0.25, 0.3) is 0 Å². The van der Waals surface area contributed by atoms with Crippen LogP contribution in [-0.2, 0) is 23.1 Å². The SMILES string of the molecule is CCn1nc(C)cc1CS(=O)c1ccncc1N. The van der Waals surface area contributed by atoms with Gasteiger partial charge in [-0.1, -0.05) is 0 Å². The molecule has 2 aromatic heterocycles. The van der Waals surface area contributed by atoms with Gasteiger partial charge in [0.1, 0.15) is 0 Å². The number of aryl methyl sites for hydroxylation is 2. The van der Waals surface area contributed by atoms with E-state index >= 15 is 0 Å². The minimum Gasteiger partial charge on any atom is -0.396 e. The highest BCUT2D eigenvalue weighted by Gasteiger charge is 2.12. The molecule has 2 rings (SSSR count). The van der Waals surface area contributed by atoms with Crippen molar-refractivity contribution in [2.45, 2.75) is 31.0 Å². The zero-order valence-electron chi connectivity index (χ0n) is 10.5. The summed E-state index contributed by atoms with van der Waals surface area (Å²) in [5.74, 6) is 0.420. The van der Waals surface area contributed by atoms with Crippen LogP contribution in [-0.4, -0.2) is 19.0 Å². The first-order chi connectivity index (χ1) is 8.61.